The molecule has 1 amide bonds. The molecule has 0 radical (unpaired) electrons. The van der Waals surface area contributed by atoms with Crippen molar-refractivity contribution >= 4 is 5.91 Å². The van der Waals surface area contributed by atoms with E-state index in [1.807, 2.05) is 6.07 Å². The maximum atomic E-state index is 12.4. The fourth-order valence-electron chi connectivity index (χ4n) is 2.61. The Morgan fingerprint density at radius 2 is 2.10 bits per heavy atom. The zero-order valence-electron chi connectivity index (χ0n) is 11.6. The SMILES string of the molecule is C=CCOc1ccccc1C(=O)NC1(CO)CCCC1. The molecule has 2 rings (SSSR count). The van der Waals surface area contributed by atoms with Crippen molar-refractivity contribution in [3.8, 4) is 5.75 Å². The summed E-state index contributed by atoms with van der Waals surface area (Å²) in [4.78, 5) is 12.4. The third-order valence-corrected chi connectivity index (χ3v) is 3.73. The highest BCUT2D eigenvalue weighted by Gasteiger charge is 2.35. The first-order valence-electron chi connectivity index (χ1n) is 6.97. The van der Waals surface area contributed by atoms with Crippen LogP contribution in [-0.4, -0.2) is 29.8 Å². The van der Waals surface area contributed by atoms with Crippen LogP contribution in [0.2, 0.25) is 0 Å². The number of nitrogens with one attached hydrogen (secondary N) is 1. The molecule has 0 aliphatic heterocycles. The summed E-state index contributed by atoms with van der Waals surface area (Å²) in [6, 6.07) is 7.12. The summed E-state index contributed by atoms with van der Waals surface area (Å²) in [5.74, 6) is 0.344. The Balaban J connectivity index is 2.14. The van der Waals surface area contributed by atoms with Crippen LogP contribution < -0.4 is 10.1 Å². The number of carbonyl (C=O) groups excluding carboxylic acids is 1. The Labute approximate surface area is 119 Å². The van der Waals surface area contributed by atoms with E-state index >= 15 is 0 Å². The number of benzene rings is 1. The molecule has 1 aliphatic rings. The summed E-state index contributed by atoms with van der Waals surface area (Å²) in [7, 11) is 0. The topological polar surface area (TPSA) is 58.6 Å². The third-order valence-electron chi connectivity index (χ3n) is 3.73. The molecule has 2 N–H and O–H groups in total. The number of hydrogen-bond donors (Lipinski definition) is 2. The molecule has 1 saturated carbocycles. The van der Waals surface area contributed by atoms with Gasteiger partial charge in [0, 0.05) is 0 Å². The zero-order chi connectivity index (χ0) is 14.4. The molecule has 1 aliphatic carbocycles. The first kappa shape index (κ1) is 14.6. The lowest BCUT2D eigenvalue weighted by Gasteiger charge is -2.28. The van der Waals surface area contributed by atoms with Crippen molar-refractivity contribution in [1.29, 1.82) is 0 Å². The van der Waals surface area contributed by atoms with E-state index in [1.54, 1.807) is 24.3 Å². The first-order chi connectivity index (χ1) is 9.71. The van der Waals surface area contributed by atoms with Crippen molar-refractivity contribution in [3.05, 3.63) is 42.5 Å². The number of aliphatic hydroxyl groups is 1. The average Bonchev–Trinajstić information content (AvgIpc) is 2.94. The van der Waals surface area contributed by atoms with Crippen LogP contribution in [0, 0.1) is 0 Å². The Morgan fingerprint density at radius 3 is 2.75 bits per heavy atom. The molecule has 1 fully saturated rings. The van der Waals surface area contributed by atoms with Gasteiger partial charge in [-0.15, -0.1) is 0 Å². The Hall–Kier alpha value is -1.81. The number of aliphatic hydroxyl groups excluding tert-OH is 1. The van der Waals surface area contributed by atoms with Gasteiger partial charge in [0.15, 0.2) is 0 Å². The molecule has 4 nitrogen and oxygen atoms in total. The highest BCUT2D eigenvalue weighted by atomic mass is 16.5. The number of hydrogen-bond acceptors (Lipinski definition) is 3. The van der Waals surface area contributed by atoms with E-state index in [0.29, 0.717) is 17.9 Å². The van der Waals surface area contributed by atoms with Gasteiger partial charge in [-0.1, -0.05) is 37.6 Å². The van der Waals surface area contributed by atoms with Crippen LogP contribution in [0.25, 0.3) is 0 Å². The van der Waals surface area contributed by atoms with Gasteiger partial charge in [0.1, 0.15) is 12.4 Å². The summed E-state index contributed by atoms with van der Waals surface area (Å²) in [6.45, 7) is 3.94. The molecule has 0 spiro atoms. The van der Waals surface area contributed by atoms with Gasteiger partial charge in [-0.25, -0.2) is 0 Å². The molecule has 0 unspecified atom stereocenters. The quantitative estimate of drug-likeness (QED) is 0.783. The van der Waals surface area contributed by atoms with Crippen LogP contribution in [0.15, 0.2) is 36.9 Å². The molecule has 4 heteroatoms. The van der Waals surface area contributed by atoms with E-state index < -0.39 is 5.54 Å². The van der Waals surface area contributed by atoms with Crippen LogP contribution in [-0.2, 0) is 0 Å². The minimum atomic E-state index is -0.470. The molecule has 0 heterocycles. The standard InChI is InChI=1S/C16H21NO3/c1-2-11-20-14-8-4-3-7-13(14)15(19)17-16(12-18)9-5-6-10-16/h2-4,7-8,18H,1,5-6,9-12H2,(H,17,19). The zero-order valence-corrected chi connectivity index (χ0v) is 11.6. The number of rotatable bonds is 6. The Morgan fingerprint density at radius 1 is 1.40 bits per heavy atom. The monoisotopic (exact) mass is 275 g/mol. The van der Waals surface area contributed by atoms with Crippen LogP contribution in [0.1, 0.15) is 36.0 Å². The molecular weight excluding hydrogens is 254 g/mol. The first-order valence-corrected chi connectivity index (χ1v) is 6.97. The molecule has 108 valence electrons. The predicted octanol–water partition coefficient (Wildman–Crippen LogP) is 2.29. The van der Waals surface area contributed by atoms with Crippen molar-refractivity contribution in [2.75, 3.05) is 13.2 Å². The highest BCUT2D eigenvalue weighted by molar-refractivity contribution is 5.97. The fourth-order valence-corrected chi connectivity index (χ4v) is 2.61. The van der Waals surface area contributed by atoms with E-state index in [0.717, 1.165) is 25.7 Å². The van der Waals surface area contributed by atoms with Crippen LogP contribution in [0.5, 0.6) is 5.75 Å². The van der Waals surface area contributed by atoms with Crippen LogP contribution in [0.4, 0.5) is 0 Å². The lowest BCUT2D eigenvalue weighted by molar-refractivity contribution is 0.0835. The van der Waals surface area contributed by atoms with Crippen LogP contribution >= 0.6 is 0 Å². The number of para-hydroxylation sites is 1. The fraction of sp³-hybridized carbons (Fsp3) is 0.438. The lowest BCUT2D eigenvalue weighted by Crippen LogP contribution is -2.49. The van der Waals surface area contributed by atoms with Gasteiger partial charge in [0.05, 0.1) is 17.7 Å². The van der Waals surface area contributed by atoms with Crippen LogP contribution in [0.3, 0.4) is 0 Å². The molecule has 1 aromatic rings. The minimum Gasteiger partial charge on any atom is -0.489 e. The smallest absolute Gasteiger partial charge is 0.255 e. The van der Waals surface area contributed by atoms with Gasteiger partial charge in [-0.05, 0) is 25.0 Å². The second-order valence-electron chi connectivity index (χ2n) is 5.20. The molecular formula is C16H21NO3. The molecule has 0 aromatic heterocycles. The Kier molecular flexibility index (Phi) is 4.79. The van der Waals surface area contributed by atoms with Crippen molar-refractivity contribution in [1.82, 2.24) is 5.32 Å². The van der Waals surface area contributed by atoms with Gasteiger partial charge in [0.2, 0.25) is 0 Å². The molecule has 0 saturated heterocycles. The van der Waals surface area contributed by atoms with Gasteiger partial charge in [-0.3, -0.25) is 4.79 Å². The van der Waals surface area contributed by atoms with Gasteiger partial charge in [-0.2, -0.15) is 0 Å². The average molecular weight is 275 g/mol. The molecule has 20 heavy (non-hydrogen) atoms. The maximum Gasteiger partial charge on any atom is 0.255 e. The second-order valence-corrected chi connectivity index (χ2v) is 5.20. The largest absolute Gasteiger partial charge is 0.489 e. The second kappa shape index (κ2) is 6.57. The lowest BCUT2D eigenvalue weighted by atomic mass is 9.98. The van der Waals surface area contributed by atoms with E-state index in [1.165, 1.54) is 0 Å². The van der Waals surface area contributed by atoms with Crippen molar-refractivity contribution in [2.45, 2.75) is 31.2 Å². The molecule has 0 bridgehead atoms. The van der Waals surface area contributed by atoms with Crippen molar-refractivity contribution < 1.29 is 14.6 Å². The molecule has 0 atom stereocenters. The van der Waals surface area contributed by atoms with E-state index in [2.05, 4.69) is 11.9 Å². The van der Waals surface area contributed by atoms with Crippen molar-refractivity contribution in [2.24, 2.45) is 0 Å². The van der Waals surface area contributed by atoms with E-state index in [4.69, 9.17) is 4.74 Å². The van der Waals surface area contributed by atoms with Gasteiger partial charge >= 0.3 is 0 Å². The number of amides is 1. The summed E-state index contributed by atoms with van der Waals surface area (Å²) in [6.07, 6.45) is 5.36. The summed E-state index contributed by atoms with van der Waals surface area (Å²) >= 11 is 0. The normalized spacial score (nSPS) is 16.6. The van der Waals surface area contributed by atoms with E-state index in [-0.39, 0.29) is 12.5 Å². The maximum absolute atomic E-state index is 12.4. The summed E-state index contributed by atoms with van der Waals surface area (Å²) in [5.41, 5.74) is 0.0249. The number of ether oxygens (including phenoxy) is 1. The molecule has 1 aromatic carbocycles. The minimum absolute atomic E-state index is 0.0194. The highest BCUT2D eigenvalue weighted by Crippen LogP contribution is 2.30. The third kappa shape index (κ3) is 3.20. The van der Waals surface area contributed by atoms with E-state index in [9.17, 15) is 9.90 Å². The van der Waals surface area contributed by atoms with Gasteiger partial charge in [0.25, 0.3) is 5.91 Å². The predicted molar refractivity (Wildman–Crippen MR) is 77.9 cm³/mol. The number of carbonyl (C=O) groups is 1. The van der Waals surface area contributed by atoms with Crippen molar-refractivity contribution in [3.63, 3.8) is 0 Å². The summed E-state index contributed by atoms with van der Waals surface area (Å²) < 4.78 is 5.50. The summed E-state index contributed by atoms with van der Waals surface area (Å²) in [5, 5.41) is 12.5. The van der Waals surface area contributed by atoms with Gasteiger partial charge < -0.3 is 15.2 Å². The Bertz CT molecular complexity index is 478.